The molecule has 0 aliphatic carbocycles. The molecule has 12 heteroatoms. The molecule has 0 amide bonds. The van der Waals surface area contributed by atoms with Gasteiger partial charge in [-0.1, -0.05) is 52.5 Å². The van der Waals surface area contributed by atoms with Crippen LogP contribution in [0, 0.1) is 0 Å². The van der Waals surface area contributed by atoms with Gasteiger partial charge in [0.25, 0.3) is 11.1 Å². The lowest BCUT2D eigenvalue weighted by Gasteiger charge is -2.12. The lowest BCUT2D eigenvalue weighted by Crippen LogP contribution is -2.00. The summed E-state index contributed by atoms with van der Waals surface area (Å²) in [5, 5.41) is 19.6. The minimum Gasteiger partial charge on any atom is -0.496 e. The Hall–Kier alpha value is -2.88. The number of carboxylic acid groups (broad SMARTS) is 1. The second-order valence-electron chi connectivity index (χ2n) is 7.34. The summed E-state index contributed by atoms with van der Waals surface area (Å²) in [6.45, 7) is 0.127. The third-order valence-corrected chi connectivity index (χ3v) is 6.77. The minimum atomic E-state index is -1.21. The van der Waals surface area contributed by atoms with Crippen LogP contribution in [0.1, 0.15) is 11.1 Å². The van der Waals surface area contributed by atoms with Crippen LogP contribution in [0.2, 0.25) is 20.1 Å². The summed E-state index contributed by atoms with van der Waals surface area (Å²) in [5.41, 5.74) is 1.61. The topological polar surface area (TPSA) is 94.7 Å². The van der Waals surface area contributed by atoms with Crippen molar-refractivity contribution in [1.82, 2.24) is 10.2 Å². The van der Waals surface area contributed by atoms with E-state index in [0.29, 0.717) is 48.3 Å². The van der Waals surface area contributed by atoms with E-state index in [4.69, 9.17) is 60.3 Å². The van der Waals surface area contributed by atoms with Crippen molar-refractivity contribution in [1.29, 1.82) is 0 Å². The summed E-state index contributed by atoms with van der Waals surface area (Å²) in [6, 6.07) is 14.8. The van der Waals surface area contributed by atoms with E-state index in [1.54, 1.807) is 54.6 Å². The highest BCUT2D eigenvalue weighted by molar-refractivity contribution is 8.03. The Balaban J connectivity index is 1.60. The number of thioether (sulfide) groups is 1. The molecule has 0 fully saturated rings. The van der Waals surface area contributed by atoms with E-state index < -0.39 is 5.97 Å². The summed E-state index contributed by atoms with van der Waals surface area (Å²) in [6.07, 6.45) is 1.40. The van der Waals surface area contributed by atoms with Crippen LogP contribution in [-0.2, 0) is 11.4 Å². The summed E-state index contributed by atoms with van der Waals surface area (Å²) in [4.78, 5) is 12.0. The van der Waals surface area contributed by atoms with Crippen LogP contribution >= 0.6 is 58.2 Å². The summed E-state index contributed by atoms with van der Waals surface area (Å²) >= 11 is 25.2. The van der Waals surface area contributed by atoms with Gasteiger partial charge in [-0.05, 0) is 66.4 Å². The van der Waals surface area contributed by atoms with Gasteiger partial charge in [0.15, 0.2) is 0 Å². The second kappa shape index (κ2) is 12.1. The average molecular weight is 598 g/mol. The minimum absolute atomic E-state index is 0.00289. The molecule has 3 aromatic carbocycles. The highest BCUT2D eigenvalue weighted by atomic mass is 35.5. The van der Waals surface area contributed by atoms with E-state index in [-0.39, 0.29) is 22.6 Å². The first-order chi connectivity index (χ1) is 17.7. The number of halogens is 4. The van der Waals surface area contributed by atoms with E-state index in [9.17, 15) is 9.90 Å². The molecule has 7 nitrogen and oxygen atoms in total. The molecule has 1 N–H and O–H groups in total. The zero-order valence-corrected chi connectivity index (χ0v) is 22.7. The van der Waals surface area contributed by atoms with E-state index in [1.807, 2.05) is 0 Å². The van der Waals surface area contributed by atoms with Gasteiger partial charge in [0.05, 0.1) is 12.7 Å². The van der Waals surface area contributed by atoms with Crippen molar-refractivity contribution in [3.8, 4) is 23.0 Å². The Labute approximate surface area is 235 Å². The summed E-state index contributed by atoms with van der Waals surface area (Å²) in [5.74, 6) is -0.222. The Morgan fingerprint density at radius 2 is 1.65 bits per heavy atom. The molecule has 37 heavy (non-hydrogen) atoms. The third kappa shape index (κ3) is 6.91. The molecule has 0 aliphatic heterocycles. The lowest BCUT2D eigenvalue weighted by molar-refractivity contribution is -0.131. The molecule has 0 radical (unpaired) electrons. The predicted octanol–water partition coefficient (Wildman–Crippen LogP) is 8.16. The van der Waals surface area contributed by atoms with Crippen molar-refractivity contribution in [3.05, 3.63) is 90.7 Å². The molecule has 1 aromatic heterocycles. The fourth-order valence-corrected chi connectivity index (χ4v) is 4.61. The van der Waals surface area contributed by atoms with Crippen LogP contribution in [0.4, 0.5) is 0 Å². The molecular formula is C25H16Cl4N2O5S. The van der Waals surface area contributed by atoms with E-state index in [0.717, 1.165) is 11.8 Å². The Bertz CT molecular complexity index is 1490. The SMILES string of the molecule is COc1ccc(Cl)cc1-c1nnc(S/C(=C\c2cc(Cl)ccc2OCc2ccc(Cl)cc2Cl)C(=O)O)o1. The van der Waals surface area contributed by atoms with Crippen LogP contribution in [0.25, 0.3) is 17.5 Å². The van der Waals surface area contributed by atoms with E-state index in [1.165, 1.54) is 13.2 Å². The van der Waals surface area contributed by atoms with Crippen LogP contribution in [0.15, 0.2) is 69.1 Å². The van der Waals surface area contributed by atoms with Gasteiger partial charge in [-0.3, -0.25) is 0 Å². The van der Waals surface area contributed by atoms with Gasteiger partial charge in [0, 0.05) is 31.2 Å². The summed E-state index contributed by atoms with van der Waals surface area (Å²) < 4.78 is 16.9. The van der Waals surface area contributed by atoms with Gasteiger partial charge in [-0.15, -0.1) is 10.2 Å². The van der Waals surface area contributed by atoms with Gasteiger partial charge < -0.3 is 19.0 Å². The number of aromatic nitrogens is 2. The first kappa shape index (κ1) is 27.2. The zero-order chi connectivity index (χ0) is 26.5. The third-order valence-electron chi connectivity index (χ3n) is 4.86. The second-order valence-corrected chi connectivity index (χ2v) is 10.0. The van der Waals surface area contributed by atoms with Crippen LogP contribution < -0.4 is 9.47 Å². The quantitative estimate of drug-likeness (QED) is 0.152. The van der Waals surface area contributed by atoms with Crippen LogP contribution in [0.5, 0.6) is 11.5 Å². The Kier molecular flexibility index (Phi) is 8.89. The molecule has 0 saturated carbocycles. The number of benzene rings is 3. The zero-order valence-electron chi connectivity index (χ0n) is 18.9. The van der Waals surface area contributed by atoms with Crippen molar-refractivity contribution in [3.63, 3.8) is 0 Å². The Morgan fingerprint density at radius 1 is 0.973 bits per heavy atom. The molecule has 0 saturated heterocycles. The molecule has 4 aromatic rings. The number of ether oxygens (including phenoxy) is 2. The number of carboxylic acids is 1. The number of methoxy groups -OCH3 is 1. The van der Waals surface area contributed by atoms with Gasteiger partial charge in [0.1, 0.15) is 23.0 Å². The van der Waals surface area contributed by atoms with E-state index in [2.05, 4.69) is 10.2 Å². The largest absolute Gasteiger partial charge is 0.496 e. The molecular weight excluding hydrogens is 582 g/mol. The number of hydrogen-bond acceptors (Lipinski definition) is 7. The maximum absolute atomic E-state index is 12.1. The fourth-order valence-electron chi connectivity index (χ4n) is 3.14. The summed E-state index contributed by atoms with van der Waals surface area (Å²) in [7, 11) is 1.50. The van der Waals surface area contributed by atoms with Crippen LogP contribution in [-0.4, -0.2) is 28.4 Å². The van der Waals surface area contributed by atoms with E-state index >= 15 is 0 Å². The van der Waals surface area contributed by atoms with Gasteiger partial charge >= 0.3 is 5.97 Å². The highest BCUT2D eigenvalue weighted by Gasteiger charge is 2.19. The van der Waals surface area contributed by atoms with Gasteiger partial charge in [-0.2, -0.15) is 0 Å². The standard InChI is InChI=1S/C25H16Cl4N2O5S/c1-34-21-7-5-16(27)10-18(21)23-30-31-25(36-23)37-22(24(32)33)9-14-8-15(26)4-6-20(14)35-12-13-2-3-17(28)11-19(13)29/h2-11H,12H2,1H3,(H,32,33)/b22-9-. The molecule has 0 atom stereocenters. The molecule has 1 heterocycles. The van der Waals surface area contributed by atoms with Crippen molar-refractivity contribution in [2.75, 3.05) is 7.11 Å². The lowest BCUT2D eigenvalue weighted by atomic mass is 10.2. The number of aliphatic carboxylic acids is 1. The van der Waals surface area contributed by atoms with Crippen molar-refractivity contribution < 1.29 is 23.8 Å². The molecule has 0 bridgehead atoms. The maximum Gasteiger partial charge on any atom is 0.342 e. The number of nitrogens with zero attached hydrogens (tertiary/aromatic N) is 2. The molecule has 0 aliphatic rings. The van der Waals surface area contributed by atoms with Crippen molar-refractivity contribution in [2.24, 2.45) is 0 Å². The Morgan fingerprint density at radius 3 is 2.35 bits per heavy atom. The normalized spacial score (nSPS) is 11.4. The number of carbonyl (C=O) groups is 1. The molecule has 0 unspecified atom stereocenters. The molecule has 190 valence electrons. The first-order valence-corrected chi connectivity index (χ1v) is 12.7. The van der Waals surface area contributed by atoms with Crippen molar-refractivity contribution in [2.45, 2.75) is 11.8 Å². The predicted molar refractivity (Wildman–Crippen MR) is 145 cm³/mol. The number of rotatable bonds is 9. The fraction of sp³-hybridized carbons (Fsp3) is 0.0800. The highest BCUT2D eigenvalue weighted by Crippen LogP contribution is 2.36. The van der Waals surface area contributed by atoms with Gasteiger partial charge in [-0.25, -0.2) is 4.79 Å². The monoisotopic (exact) mass is 596 g/mol. The number of hydrogen-bond donors (Lipinski definition) is 1. The maximum atomic E-state index is 12.1. The van der Waals surface area contributed by atoms with Crippen molar-refractivity contribution >= 4 is 70.2 Å². The average Bonchev–Trinajstić information content (AvgIpc) is 3.32. The first-order valence-electron chi connectivity index (χ1n) is 10.4. The van der Waals surface area contributed by atoms with Crippen LogP contribution in [0.3, 0.4) is 0 Å². The van der Waals surface area contributed by atoms with Gasteiger partial charge in [0.2, 0.25) is 0 Å². The smallest absolute Gasteiger partial charge is 0.342 e. The molecule has 4 rings (SSSR count). The molecule has 0 spiro atoms.